The van der Waals surface area contributed by atoms with Gasteiger partial charge in [-0.1, -0.05) is 74.0 Å². The molecular weight excluding hydrogens is 444 g/mol. The van der Waals surface area contributed by atoms with Crippen molar-refractivity contribution in [2.45, 2.75) is 63.8 Å². The van der Waals surface area contributed by atoms with Crippen LogP contribution in [-0.4, -0.2) is 44.4 Å². The number of thioether (sulfide) groups is 1. The summed E-state index contributed by atoms with van der Waals surface area (Å²) < 4.78 is 8.17. The first-order chi connectivity index (χ1) is 16.7. The summed E-state index contributed by atoms with van der Waals surface area (Å²) in [6.45, 7) is 6.32. The lowest BCUT2D eigenvalue weighted by atomic mass is 10.1. The smallest absolute Gasteiger partial charge is 0.233 e. The largest absolute Gasteiger partial charge is 0.486 e. The predicted molar refractivity (Wildman–Crippen MR) is 136 cm³/mol. The van der Waals surface area contributed by atoms with Crippen molar-refractivity contribution in [3.05, 3.63) is 71.5 Å². The van der Waals surface area contributed by atoms with Gasteiger partial charge >= 0.3 is 0 Å². The zero-order valence-corrected chi connectivity index (χ0v) is 21.0. The Morgan fingerprint density at radius 3 is 2.38 bits per heavy atom. The Bertz CT molecular complexity index is 1040. The normalized spacial score (nSPS) is 15.1. The van der Waals surface area contributed by atoms with Gasteiger partial charge in [-0.05, 0) is 49.4 Å². The van der Waals surface area contributed by atoms with Gasteiger partial charge in [0.1, 0.15) is 12.4 Å². The monoisotopic (exact) mass is 478 g/mol. The molecule has 6 nitrogen and oxygen atoms in total. The molecule has 2 heterocycles. The first-order valence-corrected chi connectivity index (χ1v) is 13.2. The first-order valence-electron chi connectivity index (χ1n) is 12.3. The Hall–Kier alpha value is -2.80. The minimum atomic E-state index is 0.0213. The molecule has 1 amide bonds. The van der Waals surface area contributed by atoms with Gasteiger partial charge in [-0.3, -0.25) is 9.36 Å². The van der Waals surface area contributed by atoms with E-state index in [1.165, 1.54) is 30.2 Å². The maximum absolute atomic E-state index is 12.9. The summed E-state index contributed by atoms with van der Waals surface area (Å²) in [7, 11) is 0. The number of benzene rings is 2. The van der Waals surface area contributed by atoms with Crippen LogP contribution in [0.4, 0.5) is 0 Å². The third-order valence-corrected chi connectivity index (χ3v) is 7.32. The van der Waals surface area contributed by atoms with Gasteiger partial charge in [-0.15, -0.1) is 10.2 Å². The van der Waals surface area contributed by atoms with E-state index in [9.17, 15) is 4.79 Å². The molecule has 0 aliphatic carbocycles. The lowest BCUT2D eigenvalue weighted by Gasteiger charge is -2.21. The summed E-state index contributed by atoms with van der Waals surface area (Å²) in [4.78, 5) is 14.9. The second-order valence-corrected chi connectivity index (χ2v) is 9.67. The first kappa shape index (κ1) is 24.3. The number of hydrogen-bond donors (Lipinski definition) is 0. The molecule has 0 radical (unpaired) electrons. The number of nitrogens with zero attached hydrogens (tertiary/aromatic N) is 4. The zero-order valence-electron chi connectivity index (χ0n) is 20.2. The van der Waals surface area contributed by atoms with Crippen molar-refractivity contribution in [2.24, 2.45) is 0 Å². The van der Waals surface area contributed by atoms with Crippen molar-refractivity contribution in [1.82, 2.24) is 19.7 Å². The topological polar surface area (TPSA) is 60.3 Å². The molecule has 0 bridgehead atoms. The van der Waals surface area contributed by atoms with Gasteiger partial charge in [-0.25, -0.2) is 0 Å². The van der Waals surface area contributed by atoms with E-state index in [2.05, 4.69) is 52.9 Å². The van der Waals surface area contributed by atoms with Crippen LogP contribution in [0.15, 0.2) is 59.8 Å². The highest BCUT2D eigenvalue weighted by Gasteiger charge is 2.22. The minimum absolute atomic E-state index is 0.0213. The van der Waals surface area contributed by atoms with E-state index in [1.54, 1.807) is 0 Å². The number of ether oxygens (including phenoxy) is 1. The SMILES string of the molecule is CCc1ccc(OCc2nnc(SCC(=O)N3CCCCCC3)n2[C@H](C)c2ccccc2)cc1. The summed E-state index contributed by atoms with van der Waals surface area (Å²) in [5, 5.41) is 9.67. The van der Waals surface area contributed by atoms with Gasteiger partial charge in [0.25, 0.3) is 0 Å². The molecule has 1 aromatic heterocycles. The molecule has 4 rings (SSSR count). The standard InChI is InChI=1S/C27H34N4O2S/c1-3-22-13-15-24(16-14-22)33-19-25-28-29-27(31(25)21(2)23-11-7-6-8-12-23)34-20-26(32)30-17-9-4-5-10-18-30/h6-8,11-16,21H,3-5,9-10,17-20H2,1-2H3/t21-/m1/s1. The summed E-state index contributed by atoms with van der Waals surface area (Å²) in [5.41, 5.74) is 2.44. The number of carbonyl (C=O) groups is 1. The number of carbonyl (C=O) groups excluding carboxylic acids is 1. The molecular formula is C27H34N4O2S. The van der Waals surface area contributed by atoms with Crippen molar-refractivity contribution in [1.29, 1.82) is 0 Å². The Labute approximate surface area is 206 Å². The number of rotatable bonds is 9. The fraction of sp³-hybridized carbons (Fsp3) is 0.444. The molecule has 0 spiro atoms. The van der Waals surface area contributed by atoms with Crippen molar-refractivity contribution < 1.29 is 9.53 Å². The quantitative estimate of drug-likeness (QED) is 0.379. The molecule has 180 valence electrons. The van der Waals surface area contributed by atoms with E-state index in [4.69, 9.17) is 4.74 Å². The molecule has 3 aromatic rings. The van der Waals surface area contributed by atoms with E-state index in [0.29, 0.717) is 12.4 Å². The summed E-state index contributed by atoms with van der Waals surface area (Å²) in [5.74, 6) is 2.12. The van der Waals surface area contributed by atoms with Gasteiger partial charge in [0.15, 0.2) is 11.0 Å². The number of aromatic nitrogens is 3. The zero-order chi connectivity index (χ0) is 23.8. The summed E-state index contributed by atoms with van der Waals surface area (Å²) in [6, 6.07) is 18.5. The molecule has 7 heteroatoms. The Morgan fingerprint density at radius 1 is 1.00 bits per heavy atom. The fourth-order valence-corrected chi connectivity index (χ4v) is 5.22. The second-order valence-electron chi connectivity index (χ2n) is 8.73. The third kappa shape index (κ3) is 6.20. The molecule has 1 saturated heterocycles. The lowest BCUT2D eigenvalue weighted by Crippen LogP contribution is -2.33. The highest BCUT2D eigenvalue weighted by atomic mass is 32.2. The van der Waals surface area contributed by atoms with E-state index >= 15 is 0 Å². The second kappa shape index (κ2) is 12.1. The Morgan fingerprint density at radius 2 is 1.71 bits per heavy atom. The molecule has 1 fully saturated rings. The van der Waals surface area contributed by atoms with E-state index in [0.717, 1.165) is 54.6 Å². The molecule has 34 heavy (non-hydrogen) atoms. The van der Waals surface area contributed by atoms with Crippen LogP contribution in [0.5, 0.6) is 5.75 Å². The van der Waals surface area contributed by atoms with Crippen LogP contribution in [0.2, 0.25) is 0 Å². The van der Waals surface area contributed by atoms with Crippen LogP contribution in [0.3, 0.4) is 0 Å². The van der Waals surface area contributed by atoms with Gasteiger partial charge < -0.3 is 9.64 Å². The van der Waals surface area contributed by atoms with Gasteiger partial charge in [-0.2, -0.15) is 0 Å². The van der Waals surface area contributed by atoms with E-state index in [1.807, 2.05) is 35.2 Å². The molecule has 1 aliphatic rings. The molecule has 2 aromatic carbocycles. The average molecular weight is 479 g/mol. The maximum Gasteiger partial charge on any atom is 0.233 e. The van der Waals surface area contributed by atoms with Crippen molar-refractivity contribution in [3.63, 3.8) is 0 Å². The van der Waals surface area contributed by atoms with Crippen molar-refractivity contribution >= 4 is 17.7 Å². The summed E-state index contributed by atoms with van der Waals surface area (Å²) in [6.07, 6.45) is 5.62. The number of aryl methyl sites for hydroxylation is 1. The number of hydrogen-bond acceptors (Lipinski definition) is 5. The highest BCUT2D eigenvalue weighted by Crippen LogP contribution is 2.27. The number of amides is 1. The van der Waals surface area contributed by atoms with E-state index < -0.39 is 0 Å². The van der Waals surface area contributed by atoms with Crippen LogP contribution in [0.1, 0.15) is 62.5 Å². The van der Waals surface area contributed by atoms with Gasteiger partial charge in [0, 0.05) is 13.1 Å². The van der Waals surface area contributed by atoms with Crippen LogP contribution >= 0.6 is 11.8 Å². The Kier molecular flexibility index (Phi) is 8.63. The third-order valence-electron chi connectivity index (χ3n) is 6.39. The summed E-state index contributed by atoms with van der Waals surface area (Å²) >= 11 is 1.47. The van der Waals surface area contributed by atoms with Crippen molar-refractivity contribution in [2.75, 3.05) is 18.8 Å². The fourth-order valence-electron chi connectivity index (χ4n) is 4.28. The minimum Gasteiger partial charge on any atom is -0.486 e. The van der Waals surface area contributed by atoms with Gasteiger partial charge in [0.2, 0.25) is 5.91 Å². The molecule has 0 N–H and O–H groups in total. The van der Waals surface area contributed by atoms with Crippen molar-refractivity contribution in [3.8, 4) is 5.75 Å². The average Bonchev–Trinajstić information content (AvgIpc) is 3.09. The lowest BCUT2D eigenvalue weighted by molar-refractivity contribution is -0.128. The van der Waals surface area contributed by atoms with Gasteiger partial charge in [0.05, 0.1) is 11.8 Å². The molecule has 1 aliphatic heterocycles. The van der Waals surface area contributed by atoms with Crippen LogP contribution in [0, 0.1) is 0 Å². The van der Waals surface area contributed by atoms with E-state index in [-0.39, 0.29) is 11.9 Å². The molecule has 0 saturated carbocycles. The molecule has 1 atom stereocenters. The number of likely N-dealkylation sites (tertiary alicyclic amines) is 1. The maximum atomic E-state index is 12.9. The Balaban J connectivity index is 1.50. The highest BCUT2D eigenvalue weighted by molar-refractivity contribution is 7.99. The predicted octanol–water partition coefficient (Wildman–Crippen LogP) is 5.52. The molecule has 0 unspecified atom stereocenters. The van der Waals surface area contributed by atoms with Crippen LogP contribution < -0.4 is 4.74 Å². The van der Waals surface area contributed by atoms with Crippen LogP contribution in [0.25, 0.3) is 0 Å². The van der Waals surface area contributed by atoms with Crippen LogP contribution in [-0.2, 0) is 17.8 Å².